The molecule has 2 heterocycles. The average molecular weight is 374 g/mol. The van der Waals surface area contributed by atoms with Gasteiger partial charge in [-0.3, -0.25) is 4.90 Å². The molecule has 4 rings (SSSR count). The Labute approximate surface area is 166 Å². The summed E-state index contributed by atoms with van der Waals surface area (Å²) in [6.45, 7) is 17.5. The molecule has 0 N–H and O–H groups in total. The number of hydrogen-bond donors (Lipinski definition) is 0. The lowest BCUT2D eigenvalue weighted by molar-refractivity contribution is -0.331. The van der Waals surface area contributed by atoms with Gasteiger partial charge >= 0.3 is 0 Å². The van der Waals surface area contributed by atoms with Gasteiger partial charge in [-0.15, -0.1) is 0 Å². The standard InChI is InChI=1S/C24H39NO2/c1-18(2)25(19(3)4)15-16-26-24(20-11-9-8-10-12-20)17-21-13-14-23(24,7)27-22(21,5)6/h8-12,18-19,21H,13-17H2,1-7H3. The number of rotatable bonds is 7. The summed E-state index contributed by atoms with van der Waals surface area (Å²) in [5.41, 5.74) is 0.559. The van der Waals surface area contributed by atoms with Crippen molar-refractivity contribution in [3.8, 4) is 0 Å². The molecule has 1 aromatic carbocycles. The molecule has 3 atom stereocenters. The second-order valence-corrected chi connectivity index (χ2v) is 9.84. The molecule has 2 aliphatic heterocycles. The maximum Gasteiger partial charge on any atom is 0.122 e. The second-order valence-electron chi connectivity index (χ2n) is 9.84. The molecule has 3 unspecified atom stereocenters. The van der Waals surface area contributed by atoms with Gasteiger partial charge in [0.15, 0.2) is 0 Å². The molecular formula is C24H39NO2. The van der Waals surface area contributed by atoms with Crippen LogP contribution in [0.15, 0.2) is 30.3 Å². The van der Waals surface area contributed by atoms with Crippen molar-refractivity contribution in [3.63, 3.8) is 0 Å². The summed E-state index contributed by atoms with van der Waals surface area (Å²) in [7, 11) is 0. The van der Waals surface area contributed by atoms with Crippen molar-refractivity contribution in [3.05, 3.63) is 35.9 Å². The molecule has 3 nitrogen and oxygen atoms in total. The van der Waals surface area contributed by atoms with Gasteiger partial charge in [-0.2, -0.15) is 0 Å². The smallest absolute Gasteiger partial charge is 0.122 e. The molecule has 0 amide bonds. The summed E-state index contributed by atoms with van der Waals surface area (Å²) in [4.78, 5) is 2.51. The first kappa shape index (κ1) is 20.8. The molecule has 3 heteroatoms. The summed E-state index contributed by atoms with van der Waals surface area (Å²) in [5.74, 6) is 0.533. The van der Waals surface area contributed by atoms with E-state index in [1.54, 1.807) is 0 Å². The zero-order valence-corrected chi connectivity index (χ0v) is 18.4. The first-order valence-corrected chi connectivity index (χ1v) is 10.8. The van der Waals surface area contributed by atoms with Gasteiger partial charge in [0.2, 0.25) is 0 Å². The summed E-state index contributed by atoms with van der Waals surface area (Å²) >= 11 is 0. The molecule has 0 spiro atoms. The van der Waals surface area contributed by atoms with Crippen molar-refractivity contribution in [2.24, 2.45) is 5.92 Å². The van der Waals surface area contributed by atoms with Crippen LogP contribution in [0.2, 0.25) is 0 Å². The second kappa shape index (κ2) is 7.50. The number of hydrogen-bond acceptors (Lipinski definition) is 3. The molecule has 1 aliphatic carbocycles. The molecule has 3 fully saturated rings. The van der Waals surface area contributed by atoms with Gasteiger partial charge in [-0.05, 0) is 79.2 Å². The first-order valence-electron chi connectivity index (χ1n) is 10.8. The maximum atomic E-state index is 6.85. The molecule has 2 saturated heterocycles. The largest absolute Gasteiger partial charge is 0.366 e. The Morgan fingerprint density at radius 2 is 1.70 bits per heavy atom. The van der Waals surface area contributed by atoms with E-state index in [1.807, 2.05) is 0 Å². The van der Waals surface area contributed by atoms with Crippen LogP contribution in [-0.4, -0.2) is 41.3 Å². The van der Waals surface area contributed by atoms with E-state index in [2.05, 4.69) is 83.7 Å². The fourth-order valence-corrected chi connectivity index (χ4v) is 5.57. The zero-order chi connectivity index (χ0) is 19.9. The van der Waals surface area contributed by atoms with Gasteiger partial charge < -0.3 is 9.47 Å². The van der Waals surface area contributed by atoms with Crippen molar-refractivity contribution >= 4 is 0 Å². The molecule has 152 valence electrons. The Balaban J connectivity index is 1.88. The van der Waals surface area contributed by atoms with Crippen LogP contribution >= 0.6 is 0 Å². The molecule has 1 saturated carbocycles. The van der Waals surface area contributed by atoms with Gasteiger partial charge in [-0.25, -0.2) is 0 Å². The van der Waals surface area contributed by atoms with Gasteiger partial charge in [0.05, 0.1) is 17.8 Å². The van der Waals surface area contributed by atoms with Gasteiger partial charge in [0, 0.05) is 18.6 Å². The Bertz CT molecular complexity index is 619. The quantitative estimate of drug-likeness (QED) is 0.640. The normalized spacial score (nSPS) is 32.6. The predicted molar refractivity (Wildman–Crippen MR) is 112 cm³/mol. The van der Waals surface area contributed by atoms with Crippen LogP contribution in [0.3, 0.4) is 0 Å². The van der Waals surface area contributed by atoms with Crippen LogP contribution in [0.5, 0.6) is 0 Å². The highest BCUT2D eigenvalue weighted by atomic mass is 16.6. The Morgan fingerprint density at radius 3 is 2.22 bits per heavy atom. The SMILES string of the molecule is CC(C)N(CCOC1(c2ccccc2)CC2CCC1(C)OC2(C)C)C(C)C. The minimum absolute atomic E-state index is 0.0729. The topological polar surface area (TPSA) is 21.7 Å². The van der Waals surface area contributed by atoms with Gasteiger partial charge in [0.1, 0.15) is 5.60 Å². The number of benzene rings is 1. The number of fused-ring (bicyclic) bond motifs is 3. The van der Waals surface area contributed by atoms with E-state index in [0.29, 0.717) is 18.0 Å². The van der Waals surface area contributed by atoms with E-state index in [0.717, 1.165) is 26.0 Å². The molecule has 0 aromatic heterocycles. The predicted octanol–water partition coefficient (Wildman–Crippen LogP) is 5.38. The molecule has 0 radical (unpaired) electrons. The molecular weight excluding hydrogens is 334 g/mol. The maximum absolute atomic E-state index is 6.85. The summed E-state index contributed by atoms with van der Waals surface area (Å²) in [6, 6.07) is 11.8. The Kier molecular flexibility index (Phi) is 5.78. The van der Waals surface area contributed by atoms with E-state index in [-0.39, 0.29) is 16.8 Å². The van der Waals surface area contributed by atoms with E-state index < -0.39 is 0 Å². The Morgan fingerprint density at radius 1 is 1.07 bits per heavy atom. The third-order valence-corrected chi connectivity index (χ3v) is 7.09. The minimum Gasteiger partial charge on any atom is -0.366 e. The van der Waals surface area contributed by atoms with Crippen LogP contribution in [0.4, 0.5) is 0 Å². The average Bonchev–Trinajstić information content (AvgIpc) is 2.58. The van der Waals surface area contributed by atoms with Crippen molar-refractivity contribution in [2.75, 3.05) is 13.2 Å². The molecule has 1 aromatic rings. The Hall–Kier alpha value is -0.900. The minimum atomic E-state index is -0.355. The summed E-state index contributed by atoms with van der Waals surface area (Å²) < 4.78 is 13.6. The van der Waals surface area contributed by atoms with E-state index in [1.165, 1.54) is 12.0 Å². The van der Waals surface area contributed by atoms with Crippen LogP contribution < -0.4 is 0 Å². The van der Waals surface area contributed by atoms with Crippen molar-refractivity contribution < 1.29 is 9.47 Å². The first-order chi connectivity index (χ1) is 12.6. The van der Waals surface area contributed by atoms with Crippen LogP contribution in [0.25, 0.3) is 0 Å². The van der Waals surface area contributed by atoms with Crippen LogP contribution in [0.1, 0.15) is 73.3 Å². The molecule has 27 heavy (non-hydrogen) atoms. The number of ether oxygens (including phenoxy) is 2. The molecule has 2 bridgehead atoms. The highest BCUT2D eigenvalue weighted by Gasteiger charge is 2.63. The van der Waals surface area contributed by atoms with E-state index in [9.17, 15) is 0 Å². The van der Waals surface area contributed by atoms with E-state index in [4.69, 9.17) is 9.47 Å². The summed E-state index contributed by atoms with van der Waals surface area (Å²) in [6.07, 6.45) is 3.34. The van der Waals surface area contributed by atoms with Crippen molar-refractivity contribution in [1.29, 1.82) is 0 Å². The lowest BCUT2D eigenvalue weighted by atomic mass is 9.58. The zero-order valence-electron chi connectivity index (χ0n) is 18.4. The lowest BCUT2D eigenvalue weighted by Crippen LogP contribution is -2.67. The highest BCUT2D eigenvalue weighted by Crippen LogP contribution is 2.60. The van der Waals surface area contributed by atoms with Gasteiger partial charge in [-0.1, -0.05) is 30.3 Å². The van der Waals surface area contributed by atoms with Crippen LogP contribution in [0, 0.1) is 5.92 Å². The number of nitrogens with zero attached hydrogens (tertiary/aromatic N) is 1. The molecule has 3 aliphatic rings. The highest BCUT2D eigenvalue weighted by molar-refractivity contribution is 5.30. The third kappa shape index (κ3) is 3.71. The lowest BCUT2D eigenvalue weighted by Gasteiger charge is -2.63. The fraction of sp³-hybridized carbons (Fsp3) is 0.750. The van der Waals surface area contributed by atoms with Crippen molar-refractivity contribution in [2.45, 2.75) is 96.6 Å². The summed E-state index contributed by atoms with van der Waals surface area (Å²) in [5, 5.41) is 0. The monoisotopic (exact) mass is 373 g/mol. The van der Waals surface area contributed by atoms with E-state index >= 15 is 0 Å². The van der Waals surface area contributed by atoms with Crippen LogP contribution in [-0.2, 0) is 15.1 Å². The third-order valence-electron chi connectivity index (χ3n) is 7.09. The fourth-order valence-electron chi connectivity index (χ4n) is 5.57. The van der Waals surface area contributed by atoms with Gasteiger partial charge in [0.25, 0.3) is 0 Å². The van der Waals surface area contributed by atoms with Crippen molar-refractivity contribution in [1.82, 2.24) is 4.90 Å².